The molecule has 0 spiro atoms. The van der Waals surface area contributed by atoms with Crippen molar-refractivity contribution in [2.24, 2.45) is 11.7 Å². The second-order valence-electron chi connectivity index (χ2n) is 5.78. The molecule has 1 aliphatic carbocycles. The number of benzene rings is 1. The summed E-state index contributed by atoms with van der Waals surface area (Å²) in [6.07, 6.45) is 1.86. The Balaban J connectivity index is 0.00000120. The van der Waals surface area contributed by atoms with E-state index >= 15 is 0 Å². The van der Waals surface area contributed by atoms with Gasteiger partial charge in [0.2, 0.25) is 0 Å². The van der Waals surface area contributed by atoms with Crippen molar-refractivity contribution in [2.75, 3.05) is 13.7 Å². The van der Waals surface area contributed by atoms with Crippen LogP contribution in [0.4, 0.5) is 4.39 Å². The molecule has 1 saturated carbocycles. The highest BCUT2D eigenvalue weighted by molar-refractivity contribution is 6.31. The maximum absolute atomic E-state index is 13.4. The van der Waals surface area contributed by atoms with Crippen LogP contribution in [0.2, 0.25) is 5.02 Å². The number of hydrogen-bond donors (Lipinski definition) is 2. The van der Waals surface area contributed by atoms with Crippen LogP contribution in [0.3, 0.4) is 0 Å². The van der Waals surface area contributed by atoms with Crippen LogP contribution in [0, 0.1) is 11.7 Å². The average molecular weight is 427 g/mol. The Labute approximate surface area is 180 Å². The number of aromatic nitrogens is 1. The van der Waals surface area contributed by atoms with E-state index in [-0.39, 0.29) is 17.5 Å². The monoisotopic (exact) mass is 426 g/mol. The van der Waals surface area contributed by atoms with E-state index in [9.17, 15) is 9.50 Å². The lowest BCUT2D eigenvalue weighted by atomic mass is 9.92. The molecule has 164 valence electrons. The number of ether oxygens (including phenoxy) is 1. The van der Waals surface area contributed by atoms with Gasteiger partial charge in [-0.15, -0.1) is 0 Å². The molecule has 1 atom stereocenters. The third-order valence-corrected chi connectivity index (χ3v) is 4.57. The van der Waals surface area contributed by atoms with Gasteiger partial charge in [0.25, 0.3) is 0 Å². The molecule has 1 fully saturated rings. The molecule has 0 amide bonds. The van der Waals surface area contributed by atoms with Crippen molar-refractivity contribution < 1.29 is 14.2 Å². The second-order valence-corrected chi connectivity index (χ2v) is 6.19. The number of hydrogen-bond acceptors (Lipinski definition) is 4. The lowest BCUT2D eigenvalue weighted by molar-refractivity contribution is 0.0179. The normalized spacial score (nSPS) is 14.0. The van der Waals surface area contributed by atoms with E-state index in [1.807, 2.05) is 41.5 Å². The Morgan fingerprint density at radius 2 is 1.72 bits per heavy atom. The molecule has 3 rings (SSSR count). The van der Waals surface area contributed by atoms with Crippen molar-refractivity contribution in [1.29, 1.82) is 0 Å². The molecule has 3 N–H and O–H groups in total. The largest absolute Gasteiger partial charge is 0.494 e. The zero-order chi connectivity index (χ0) is 22.6. The van der Waals surface area contributed by atoms with E-state index in [2.05, 4.69) is 4.98 Å². The van der Waals surface area contributed by atoms with Crippen LogP contribution in [-0.4, -0.2) is 23.7 Å². The van der Waals surface area contributed by atoms with Crippen LogP contribution in [0.1, 0.15) is 60.1 Å². The maximum Gasteiger partial charge on any atom is 0.145 e. The predicted molar refractivity (Wildman–Crippen MR) is 121 cm³/mol. The van der Waals surface area contributed by atoms with E-state index in [1.165, 1.54) is 19.2 Å². The summed E-state index contributed by atoms with van der Waals surface area (Å²) < 4.78 is 18.7. The van der Waals surface area contributed by atoms with E-state index in [0.29, 0.717) is 22.7 Å². The number of rotatable bonds is 5. The van der Waals surface area contributed by atoms with E-state index in [4.69, 9.17) is 22.1 Å². The Morgan fingerprint density at radius 1 is 1.14 bits per heavy atom. The number of nitrogens with zero attached hydrogens (tertiary/aromatic N) is 1. The first-order chi connectivity index (χ1) is 14.0. The van der Waals surface area contributed by atoms with Gasteiger partial charge >= 0.3 is 0 Å². The van der Waals surface area contributed by atoms with E-state index in [1.54, 1.807) is 18.2 Å². The number of methoxy groups -OCH3 is 1. The molecular weight excluding hydrogens is 391 g/mol. The number of halogens is 2. The van der Waals surface area contributed by atoms with Gasteiger partial charge in [0.05, 0.1) is 17.8 Å². The highest BCUT2D eigenvalue weighted by Crippen LogP contribution is 2.45. The van der Waals surface area contributed by atoms with Crippen LogP contribution in [0.25, 0.3) is 11.3 Å². The molecule has 4 nitrogen and oxygen atoms in total. The quantitative estimate of drug-likeness (QED) is 0.598. The molecule has 1 heterocycles. The minimum absolute atomic E-state index is 0.00744. The zero-order valence-corrected chi connectivity index (χ0v) is 19.5. The van der Waals surface area contributed by atoms with Crippen LogP contribution in [-0.2, 0) is 5.60 Å². The lowest BCUT2D eigenvalue weighted by Crippen LogP contribution is -2.38. The first kappa shape index (κ1) is 27.3. The van der Waals surface area contributed by atoms with Gasteiger partial charge in [0.15, 0.2) is 0 Å². The molecule has 1 aromatic heterocycles. The Kier molecular flexibility index (Phi) is 12.7. The minimum Gasteiger partial charge on any atom is -0.494 e. The second kappa shape index (κ2) is 13.5. The van der Waals surface area contributed by atoms with Crippen molar-refractivity contribution in [3.8, 4) is 17.0 Å². The average Bonchev–Trinajstić information content (AvgIpc) is 3.65. The number of nitrogens with two attached hydrogens (primary N) is 1. The fourth-order valence-corrected chi connectivity index (χ4v) is 2.92. The van der Waals surface area contributed by atoms with Gasteiger partial charge in [0.1, 0.15) is 22.9 Å². The SMILES string of the molecule is CC.CC.CC.COc1ccc(C(O)(CN)C2CC2)nc1-c1ccc(F)c(Cl)c1. The number of aliphatic hydroxyl groups is 1. The maximum atomic E-state index is 13.4. The summed E-state index contributed by atoms with van der Waals surface area (Å²) in [6.45, 7) is 12.1. The molecule has 0 aliphatic heterocycles. The van der Waals surface area contributed by atoms with Gasteiger partial charge in [-0.2, -0.15) is 0 Å². The fraction of sp³-hybridized carbons (Fsp3) is 0.522. The van der Waals surface area contributed by atoms with Crippen LogP contribution < -0.4 is 10.5 Å². The first-order valence-corrected chi connectivity index (χ1v) is 10.8. The van der Waals surface area contributed by atoms with Crippen LogP contribution >= 0.6 is 11.6 Å². The fourth-order valence-electron chi connectivity index (χ4n) is 2.74. The van der Waals surface area contributed by atoms with Crippen molar-refractivity contribution in [3.05, 3.63) is 46.9 Å². The zero-order valence-electron chi connectivity index (χ0n) is 18.7. The third kappa shape index (κ3) is 6.66. The molecule has 2 aromatic rings. The van der Waals surface area contributed by atoms with Gasteiger partial charge in [-0.3, -0.25) is 0 Å². The van der Waals surface area contributed by atoms with Gasteiger partial charge in [0, 0.05) is 12.1 Å². The highest BCUT2D eigenvalue weighted by Gasteiger charge is 2.45. The summed E-state index contributed by atoms with van der Waals surface area (Å²) in [5.74, 6) is 0.145. The third-order valence-electron chi connectivity index (χ3n) is 4.28. The standard InChI is InChI=1S/C17H18ClFN2O2.3C2H6/c1-23-14-6-7-15(17(22,9-20)11-3-4-11)21-16(14)10-2-5-13(19)12(18)8-10;3*1-2/h2,5-8,11,22H,3-4,9,20H2,1H3;3*1-2H3. The van der Waals surface area contributed by atoms with Crippen molar-refractivity contribution in [2.45, 2.75) is 60.0 Å². The molecule has 29 heavy (non-hydrogen) atoms. The summed E-state index contributed by atoms with van der Waals surface area (Å²) in [6, 6.07) is 7.80. The van der Waals surface area contributed by atoms with Crippen molar-refractivity contribution in [1.82, 2.24) is 4.98 Å². The molecule has 6 heteroatoms. The highest BCUT2D eigenvalue weighted by atomic mass is 35.5. The first-order valence-electron chi connectivity index (χ1n) is 10.4. The van der Waals surface area contributed by atoms with Gasteiger partial charge in [-0.1, -0.05) is 53.1 Å². The summed E-state index contributed by atoms with van der Waals surface area (Å²) in [4.78, 5) is 4.55. The summed E-state index contributed by atoms with van der Waals surface area (Å²) >= 11 is 5.86. The Bertz CT molecular complexity index is 739. The summed E-state index contributed by atoms with van der Waals surface area (Å²) in [5, 5.41) is 10.9. The van der Waals surface area contributed by atoms with Crippen LogP contribution in [0.5, 0.6) is 5.75 Å². The molecule has 1 aliphatic rings. The molecule has 1 aromatic carbocycles. The predicted octanol–water partition coefficient (Wildman–Crippen LogP) is 6.18. The molecule has 0 radical (unpaired) electrons. The molecular formula is C23H36ClFN2O2. The van der Waals surface area contributed by atoms with E-state index < -0.39 is 11.4 Å². The molecule has 0 saturated heterocycles. The summed E-state index contributed by atoms with van der Waals surface area (Å²) in [7, 11) is 1.53. The van der Waals surface area contributed by atoms with Crippen molar-refractivity contribution in [3.63, 3.8) is 0 Å². The molecule has 1 unspecified atom stereocenters. The summed E-state index contributed by atoms with van der Waals surface area (Å²) in [5.41, 5.74) is 6.26. The minimum atomic E-state index is -1.15. The lowest BCUT2D eigenvalue weighted by Gasteiger charge is -2.26. The number of pyridine rings is 1. The van der Waals surface area contributed by atoms with Crippen molar-refractivity contribution >= 4 is 11.6 Å². The van der Waals surface area contributed by atoms with Gasteiger partial charge in [-0.25, -0.2) is 9.37 Å². The smallest absolute Gasteiger partial charge is 0.145 e. The van der Waals surface area contributed by atoms with Crippen LogP contribution in [0.15, 0.2) is 30.3 Å². The Morgan fingerprint density at radius 3 is 2.17 bits per heavy atom. The Hall–Kier alpha value is -1.69. The molecule has 0 bridgehead atoms. The van der Waals surface area contributed by atoms with Gasteiger partial charge < -0.3 is 15.6 Å². The topological polar surface area (TPSA) is 68.4 Å². The van der Waals surface area contributed by atoms with E-state index in [0.717, 1.165) is 12.8 Å². The van der Waals surface area contributed by atoms with Gasteiger partial charge in [-0.05, 0) is 49.1 Å².